The maximum atomic E-state index is 12.8. The highest BCUT2D eigenvalue weighted by Crippen LogP contribution is 2.43. The van der Waals surface area contributed by atoms with Crippen molar-refractivity contribution in [2.75, 3.05) is 13.7 Å². The maximum Gasteiger partial charge on any atom is 0.338 e. The summed E-state index contributed by atoms with van der Waals surface area (Å²) < 4.78 is 10.7. The second kappa shape index (κ2) is 8.17. The van der Waals surface area contributed by atoms with Crippen LogP contribution in [0, 0.1) is 0 Å². The zero-order valence-corrected chi connectivity index (χ0v) is 16.8. The van der Waals surface area contributed by atoms with Gasteiger partial charge in [0.05, 0.1) is 36.3 Å². The first-order valence-corrected chi connectivity index (χ1v) is 9.96. The first-order chi connectivity index (χ1) is 13.0. The average Bonchev–Trinajstić information content (AvgIpc) is 2.94. The highest BCUT2D eigenvalue weighted by atomic mass is 32.2. The van der Waals surface area contributed by atoms with Crippen molar-refractivity contribution in [1.29, 1.82) is 0 Å². The lowest BCUT2D eigenvalue weighted by Gasteiger charge is -2.32. The average molecular weight is 388 g/mol. The van der Waals surface area contributed by atoms with E-state index in [-0.39, 0.29) is 11.2 Å². The molecule has 2 aliphatic rings. The van der Waals surface area contributed by atoms with Crippen LogP contribution in [-0.2, 0) is 14.3 Å². The van der Waals surface area contributed by atoms with Crippen LogP contribution in [0.3, 0.4) is 0 Å². The highest BCUT2D eigenvalue weighted by molar-refractivity contribution is 8.15. The van der Waals surface area contributed by atoms with Gasteiger partial charge in [-0.2, -0.15) is 0 Å². The molecule has 1 saturated heterocycles. The summed E-state index contributed by atoms with van der Waals surface area (Å²) in [5, 5.41) is 0.402. The van der Waals surface area contributed by atoms with E-state index < -0.39 is 12.0 Å². The summed E-state index contributed by atoms with van der Waals surface area (Å²) in [5.74, 6) is 0.245. The van der Waals surface area contributed by atoms with Gasteiger partial charge < -0.3 is 9.47 Å². The number of thioether (sulfide) groups is 1. The Morgan fingerprint density at radius 1 is 1.30 bits per heavy atom. The number of carbonyl (C=O) groups excluding carboxylic acids is 2. The molecule has 0 aromatic heterocycles. The van der Waals surface area contributed by atoms with Crippen molar-refractivity contribution >= 4 is 28.8 Å². The Kier molecular flexibility index (Phi) is 5.89. The van der Waals surface area contributed by atoms with Gasteiger partial charge in [0.15, 0.2) is 5.17 Å². The van der Waals surface area contributed by atoms with Gasteiger partial charge in [-0.15, -0.1) is 0 Å². The standard InChI is InChI=1S/C20H24N2O4S/c1-5-6-11-26-15-9-7-14(8-10-15)17-16(19(24)25-4)12(2)21-20-22(17)18(23)13(3)27-20/h7-10,13,17H,5-6,11H2,1-4H3. The molecule has 144 valence electrons. The number of amidine groups is 1. The molecule has 0 spiro atoms. The van der Waals surface area contributed by atoms with Crippen LogP contribution < -0.4 is 4.74 Å². The van der Waals surface area contributed by atoms with E-state index in [0.717, 1.165) is 24.2 Å². The normalized spacial score (nSPS) is 21.9. The number of ether oxygens (including phenoxy) is 2. The number of benzene rings is 1. The van der Waals surface area contributed by atoms with E-state index in [2.05, 4.69) is 11.9 Å². The molecule has 1 aromatic carbocycles. The van der Waals surface area contributed by atoms with E-state index in [1.54, 1.807) is 11.8 Å². The summed E-state index contributed by atoms with van der Waals surface area (Å²) in [6, 6.07) is 6.99. The smallest absolute Gasteiger partial charge is 0.338 e. The summed E-state index contributed by atoms with van der Waals surface area (Å²) >= 11 is 1.41. The van der Waals surface area contributed by atoms with Gasteiger partial charge >= 0.3 is 5.97 Å². The Morgan fingerprint density at radius 3 is 2.63 bits per heavy atom. The van der Waals surface area contributed by atoms with Gasteiger partial charge in [-0.25, -0.2) is 9.79 Å². The third kappa shape index (κ3) is 3.74. The zero-order valence-electron chi connectivity index (χ0n) is 16.0. The molecule has 0 aliphatic carbocycles. The van der Waals surface area contributed by atoms with Crippen LogP contribution in [0.2, 0.25) is 0 Å². The Labute approximate surface area is 163 Å². The van der Waals surface area contributed by atoms with Gasteiger partial charge in [-0.1, -0.05) is 37.2 Å². The molecular weight excluding hydrogens is 364 g/mol. The third-order valence-electron chi connectivity index (χ3n) is 4.63. The fourth-order valence-electron chi connectivity index (χ4n) is 3.17. The molecule has 7 heteroatoms. The predicted molar refractivity (Wildman–Crippen MR) is 106 cm³/mol. The molecule has 3 rings (SSSR count). The van der Waals surface area contributed by atoms with Crippen LogP contribution in [0.25, 0.3) is 0 Å². The molecule has 6 nitrogen and oxygen atoms in total. The number of aliphatic imine (C=N–C) groups is 1. The van der Waals surface area contributed by atoms with Crippen LogP contribution in [0.15, 0.2) is 40.5 Å². The molecule has 0 radical (unpaired) electrons. The van der Waals surface area contributed by atoms with Gasteiger partial charge in [0.2, 0.25) is 5.91 Å². The second-order valence-electron chi connectivity index (χ2n) is 6.53. The van der Waals surface area contributed by atoms with Crippen LogP contribution in [0.4, 0.5) is 0 Å². The van der Waals surface area contributed by atoms with E-state index in [1.807, 2.05) is 31.2 Å². The van der Waals surface area contributed by atoms with E-state index in [1.165, 1.54) is 18.9 Å². The monoisotopic (exact) mass is 388 g/mol. The van der Waals surface area contributed by atoms with Gasteiger partial charge in [-0.3, -0.25) is 9.69 Å². The fraction of sp³-hybridized carbons (Fsp3) is 0.450. The topological polar surface area (TPSA) is 68.2 Å². The summed E-state index contributed by atoms with van der Waals surface area (Å²) in [6.07, 6.45) is 2.07. The minimum atomic E-state index is -0.542. The van der Waals surface area contributed by atoms with Crippen molar-refractivity contribution in [3.05, 3.63) is 41.1 Å². The molecule has 2 unspecified atom stereocenters. The van der Waals surface area contributed by atoms with Gasteiger partial charge in [0.1, 0.15) is 5.75 Å². The van der Waals surface area contributed by atoms with E-state index in [4.69, 9.17) is 9.47 Å². The first kappa shape index (κ1) is 19.5. The van der Waals surface area contributed by atoms with E-state index in [9.17, 15) is 9.59 Å². The number of esters is 1. The van der Waals surface area contributed by atoms with Crippen LogP contribution in [0.5, 0.6) is 5.75 Å². The lowest BCUT2D eigenvalue weighted by Crippen LogP contribution is -2.40. The van der Waals surface area contributed by atoms with Crippen LogP contribution in [0.1, 0.15) is 45.2 Å². The van der Waals surface area contributed by atoms with Crippen molar-refractivity contribution in [1.82, 2.24) is 4.90 Å². The molecule has 1 fully saturated rings. The summed E-state index contributed by atoms with van der Waals surface area (Å²) in [4.78, 5) is 31.3. The van der Waals surface area contributed by atoms with E-state index >= 15 is 0 Å². The molecule has 0 saturated carbocycles. The van der Waals surface area contributed by atoms with Gasteiger partial charge in [-0.05, 0) is 38.0 Å². The number of carbonyl (C=O) groups is 2. The van der Waals surface area contributed by atoms with Crippen molar-refractivity contribution in [2.45, 2.75) is 44.9 Å². The summed E-state index contributed by atoms with van der Waals surface area (Å²) in [5.41, 5.74) is 1.80. The number of hydrogen-bond acceptors (Lipinski definition) is 6. The minimum Gasteiger partial charge on any atom is -0.494 e. The lowest BCUT2D eigenvalue weighted by atomic mass is 9.94. The lowest BCUT2D eigenvalue weighted by molar-refractivity contribution is -0.137. The summed E-state index contributed by atoms with van der Waals surface area (Å²) in [7, 11) is 1.34. The van der Waals surface area contributed by atoms with Crippen LogP contribution >= 0.6 is 11.8 Å². The number of nitrogens with zero attached hydrogens (tertiary/aromatic N) is 2. The van der Waals surface area contributed by atoms with Crippen LogP contribution in [-0.4, -0.2) is 40.9 Å². The SMILES string of the molecule is CCCCOc1ccc(C2C(C(=O)OC)=C(C)N=C3SC(C)C(=O)N32)cc1. The second-order valence-corrected chi connectivity index (χ2v) is 7.83. The van der Waals surface area contributed by atoms with Gasteiger partial charge in [0, 0.05) is 0 Å². The largest absolute Gasteiger partial charge is 0.494 e. The molecule has 27 heavy (non-hydrogen) atoms. The number of amides is 1. The third-order valence-corrected chi connectivity index (χ3v) is 5.68. The quantitative estimate of drug-likeness (QED) is 0.549. The number of methoxy groups -OCH3 is 1. The van der Waals surface area contributed by atoms with Crippen molar-refractivity contribution in [3.63, 3.8) is 0 Å². The molecule has 2 heterocycles. The first-order valence-electron chi connectivity index (χ1n) is 9.08. The zero-order chi connectivity index (χ0) is 19.6. The molecular formula is C20H24N2O4S. The maximum absolute atomic E-state index is 12.8. The number of hydrogen-bond donors (Lipinski definition) is 0. The Hall–Kier alpha value is -2.28. The van der Waals surface area contributed by atoms with Crippen molar-refractivity contribution < 1.29 is 19.1 Å². The molecule has 2 aliphatic heterocycles. The Bertz CT molecular complexity index is 801. The summed E-state index contributed by atoms with van der Waals surface area (Å²) in [6.45, 7) is 6.41. The Morgan fingerprint density at radius 2 is 2.00 bits per heavy atom. The fourth-order valence-corrected chi connectivity index (χ4v) is 4.20. The number of fused-ring (bicyclic) bond motifs is 1. The molecule has 0 bridgehead atoms. The Balaban J connectivity index is 1.97. The predicted octanol–water partition coefficient (Wildman–Crippen LogP) is 3.69. The van der Waals surface area contributed by atoms with Gasteiger partial charge in [0.25, 0.3) is 0 Å². The molecule has 2 atom stereocenters. The minimum absolute atomic E-state index is 0.0547. The number of unbranched alkanes of at least 4 members (excludes halogenated alkanes) is 1. The van der Waals surface area contributed by atoms with Crippen molar-refractivity contribution in [2.24, 2.45) is 4.99 Å². The molecule has 0 N–H and O–H groups in total. The number of rotatable bonds is 6. The number of allylic oxidation sites excluding steroid dienone is 1. The van der Waals surface area contributed by atoms with Crippen molar-refractivity contribution in [3.8, 4) is 5.75 Å². The highest BCUT2D eigenvalue weighted by Gasteiger charge is 2.46. The molecule has 1 aromatic rings. The molecule has 1 amide bonds. The van der Waals surface area contributed by atoms with E-state index in [0.29, 0.717) is 23.0 Å².